The number of hydrogen-bond acceptors (Lipinski definition) is 1. The van der Waals surface area contributed by atoms with Gasteiger partial charge in [0, 0.05) is 4.75 Å². The van der Waals surface area contributed by atoms with E-state index in [-0.39, 0.29) is 0 Å². The zero-order valence-corrected chi connectivity index (χ0v) is 9.71. The molecule has 0 N–H and O–H groups in total. The van der Waals surface area contributed by atoms with Gasteiger partial charge < -0.3 is 0 Å². The molecule has 0 aliphatic rings. The summed E-state index contributed by atoms with van der Waals surface area (Å²) in [5.41, 5.74) is 0. The minimum absolute atomic E-state index is 0.439. The minimum Gasteiger partial charge on any atom is -0.156 e. The van der Waals surface area contributed by atoms with E-state index in [1.165, 1.54) is 25.0 Å². The van der Waals surface area contributed by atoms with Crippen molar-refractivity contribution in [2.45, 2.75) is 51.7 Å². The molecular weight excluding hydrogens is 164 g/mol. The van der Waals surface area contributed by atoms with Crippen molar-refractivity contribution in [3.8, 4) is 0 Å². The van der Waals surface area contributed by atoms with E-state index in [1.807, 2.05) is 0 Å². The Kier molecular flexibility index (Phi) is 6.64. The molecule has 12 heavy (non-hydrogen) atoms. The quantitative estimate of drug-likeness (QED) is 0.456. The molecule has 0 aromatic carbocycles. The number of unbranched alkanes of at least 4 members (excludes halogenated alkanes) is 1. The summed E-state index contributed by atoms with van der Waals surface area (Å²) in [6, 6.07) is 0. The van der Waals surface area contributed by atoms with Crippen LogP contribution in [0.2, 0.25) is 0 Å². The van der Waals surface area contributed by atoms with E-state index < -0.39 is 0 Å². The molecule has 0 amide bonds. The highest BCUT2D eigenvalue weighted by Gasteiger charge is 2.08. The highest BCUT2D eigenvalue weighted by Crippen LogP contribution is 2.23. The van der Waals surface area contributed by atoms with E-state index in [1.54, 1.807) is 0 Å². The molecule has 0 saturated carbocycles. The monoisotopic (exact) mass is 186 g/mol. The molecule has 0 fully saturated rings. The van der Waals surface area contributed by atoms with Gasteiger partial charge in [-0.25, -0.2) is 0 Å². The first kappa shape index (κ1) is 12.1. The maximum atomic E-state index is 2.29. The lowest BCUT2D eigenvalue weighted by molar-refractivity contribution is 0.798. The number of allylic oxidation sites excluding steroid dienone is 2. The minimum atomic E-state index is 0.439. The van der Waals surface area contributed by atoms with E-state index in [0.717, 1.165) is 0 Å². The van der Waals surface area contributed by atoms with Crippen LogP contribution in [0.1, 0.15) is 47.0 Å². The van der Waals surface area contributed by atoms with Gasteiger partial charge in [-0.15, -0.1) is 0 Å². The van der Waals surface area contributed by atoms with Crippen LogP contribution in [0.5, 0.6) is 0 Å². The van der Waals surface area contributed by atoms with Crippen LogP contribution in [0.4, 0.5) is 0 Å². The van der Waals surface area contributed by atoms with Gasteiger partial charge >= 0.3 is 0 Å². The van der Waals surface area contributed by atoms with Crippen molar-refractivity contribution in [2.24, 2.45) is 0 Å². The van der Waals surface area contributed by atoms with Crippen LogP contribution in [0, 0.1) is 0 Å². The summed E-state index contributed by atoms with van der Waals surface area (Å²) in [6.45, 7) is 9.01. The fourth-order valence-corrected chi connectivity index (χ4v) is 1.79. The SMILES string of the molecule is CC/C=C\CCCSC(C)(C)C. The molecular formula is C11H22S. The van der Waals surface area contributed by atoms with Crippen molar-refractivity contribution >= 4 is 11.8 Å². The molecule has 0 nitrogen and oxygen atoms in total. The number of hydrogen-bond donors (Lipinski definition) is 0. The van der Waals surface area contributed by atoms with Crippen LogP contribution in [-0.4, -0.2) is 10.5 Å². The number of rotatable bonds is 5. The average molecular weight is 186 g/mol. The third-order valence-corrected chi connectivity index (χ3v) is 2.81. The molecule has 0 aromatic rings. The Balaban J connectivity index is 3.17. The van der Waals surface area contributed by atoms with Crippen LogP contribution < -0.4 is 0 Å². The Hall–Kier alpha value is 0.0900. The largest absolute Gasteiger partial charge is 0.156 e. The predicted molar refractivity (Wildman–Crippen MR) is 60.9 cm³/mol. The summed E-state index contributed by atoms with van der Waals surface area (Å²) in [4.78, 5) is 0. The fourth-order valence-electron chi connectivity index (χ4n) is 0.864. The molecule has 1 heteroatoms. The summed E-state index contributed by atoms with van der Waals surface area (Å²) >= 11 is 2.06. The summed E-state index contributed by atoms with van der Waals surface area (Å²) in [5, 5.41) is 0. The third kappa shape index (κ3) is 10.1. The zero-order chi connectivity index (χ0) is 9.45. The van der Waals surface area contributed by atoms with Crippen LogP contribution in [0.3, 0.4) is 0 Å². The van der Waals surface area contributed by atoms with Gasteiger partial charge in [0.15, 0.2) is 0 Å². The second-order valence-electron chi connectivity index (χ2n) is 3.98. The van der Waals surface area contributed by atoms with Crippen LogP contribution in [0.15, 0.2) is 12.2 Å². The van der Waals surface area contributed by atoms with Gasteiger partial charge in [-0.05, 0) is 25.0 Å². The molecule has 0 aliphatic heterocycles. The van der Waals surface area contributed by atoms with Gasteiger partial charge in [-0.2, -0.15) is 11.8 Å². The molecule has 0 aliphatic carbocycles. The number of thioether (sulfide) groups is 1. The Morgan fingerprint density at radius 3 is 2.33 bits per heavy atom. The van der Waals surface area contributed by atoms with Crippen LogP contribution in [-0.2, 0) is 0 Å². The second-order valence-corrected chi connectivity index (χ2v) is 5.90. The second kappa shape index (κ2) is 6.59. The van der Waals surface area contributed by atoms with Gasteiger partial charge in [0.05, 0.1) is 0 Å². The molecule has 0 heterocycles. The molecule has 0 rings (SSSR count). The van der Waals surface area contributed by atoms with Crippen molar-refractivity contribution in [3.05, 3.63) is 12.2 Å². The normalized spacial score (nSPS) is 12.7. The molecule has 72 valence electrons. The molecule has 0 unspecified atom stereocenters. The third-order valence-electron chi connectivity index (χ3n) is 1.45. The molecule has 0 saturated heterocycles. The lowest BCUT2D eigenvalue weighted by Crippen LogP contribution is -2.07. The summed E-state index contributed by atoms with van der Waals surface area (Å²) in [6.07, 6.45) is 8.28. The van der Waals surface area contributed by atoms with Gasteiger partial charge in [0.1, 0.15) is 0 Å². The Bertz CT molecular complexity index is 119. The summed E-state index contributed by atoms with van der Waals surface area (Å²) < 4.78 is 0.439. The van der Waals surface area contributed by atoms with Gasteiger partial charge in [0.25, 0.3) is 0 Å². The van der Waals surface area contributed by atoms with Gasteiger partial charge in [-0.1, -0.05) is 39.8 Å². The van der Waals surface area contributed by atoms with Crippen molar-refractivity contribution in [1.29, 1.82) is 0 Å². The van der Waals surface area contributed by atoms with Crippen molar-refractivity contribution in [2.75, 3.05) is 5.75 Å². The first-order valence-corrected chi connectivity index (χ1v) is 5.84. The Labute approximate surface area is 81.8 Å². The van der Waals surface area contributed by atoms with E-state index in [9.17, 15) is 0 Å². The molecule has 0 radical (unpaired) electrons. The molecule has 0 bridgehead atoms. The van der Waals surface area contributed by atoms with Gasteiger partial charge in [0.2, 0.25) is 0 Å². The molecule has 0 aromatic heterocycles. The first-order chi connectivity index (χ1) is 5.56. The van der Waals surface area contributed by atoms with Crippen LogP contribution in [0.25, 0.3) is 0 Å². The van der Waals surface area contributed by atoms with Crippen molar-refractivity contribution in [3.63, 3.8) is 0 Å². The molecule has 0 spiro atoms. The van der Waals surface area contributed by atoms with Crippen LogP contribution >= 0.6 is 11.8 Å². The van der Waals surface area contributed by atoms with Crippen molar-refractivity contribution < 1.29 is 0 Å². The van der Waals surface area contributed by atoms with E-state index in [0.29, 0.717) is 4.75 Å². The first-order valence-electron chi connectivity index (χ1n) is 4.85. The van der Waals surface area contributed by atoms with E-state index in [4.69, 9.17) is 0 Å². The lowest BCUT2D eigenvalue weighted by atomic mass is 10.3. The highest BCUT2D eigenvalue weighted by atomic mass is 32.2. The topological polar surface area (TPSA) is 0 Å². The molecule has 0 atom stereocenters. The van der Waals surface area contributed by atoms with Gasteiger partial charge in [-0.3, -0.25) is 0 Å². The summed E-state index contributed by atoms with van der Waals surface area (Å²) in [5.74, 6) is 1.29. The Morgan fingerprint density at radius 1 is 1.17 bits per heavy atom. The smallest absolute Gasteiger partial charge is 0.00750 e. The predicted octanol–water partition coefficient (Wildman–Crippen LogP) is 4.26. The maximum Gasteiger partial charge on any atom is 0.00750 e. The zero-order valence-electron chi connectivity index (χ0n) is 8.89. The highest BCUT2D eigenvalue weighted by molar-refractivity contribution is 8.00. The average Bonchev–Trinajstić information content (AvgIpc) is 1.94. The van der Waals surface area contributed by atoms with E-state index >= 15 is 0 Å². The lowest BCUT2D eigenvalue weighted by Gasteiger charge is -2.16. The van der Waals surface area contributed by atoms with E-state index in [2.05, 4.69) is 51.6 Å². The maximum absolute atomic E-state index is 2.29. The fraction of sp³-hybridized carbons (Fsp3) is 0.818. The standard InChI is InChI=1S/C11H22S/c1-5-6-7-8-9-10-12-11(2,3)4/h6-7H,5,8-10H2,1-4H3/b7-6-. The Morgan fingerprint density at radius 2 is 1.83 bits per heavy atom. The summed E-state index contributed by atoms with van der Waals surface area (Å²) in [7, 11) is 0. The van der Waals surface area contributed by atoms with Crippen molar-refractivity contribution in [1.82, 2.24) is 0 Å².